The summed E-state index contributed by atoms with van der Waals surface area (Å²) in [6.07, 6.45) is 0. The van der Waals surface area contributed by atoms with Gasteiger partial charge in [-0.25, -0.2) is 0 Å². The third kappa shape index (κ3) is 28.6. The van der Waals surface area contributed by atoms with Crippen molar-refractivity contribution in [3.05, 3.63) is 0 Å². The Hall–Kier alpha value is 2.32. The molecular formula is C10H20FeN2Na4O8. The van der Waals surface area contributed by atoms with E-state index in [2.05, 4.69) is 0 Å². The van der Waals surface area contributed by atoms with Gasteiger partial charge in [-0.1, -0.05) is 0 Å². The minimum atomic E-state index is -1.23. The normalized spacial score (nSPS) is 8.56. The second-order valence-electron chi connectivity index (χ2n) is 4.00. The fraction of sp³-hybridized carbons (Fsp3) is 0.600. The van der Waals surface area contributed by atoms with Gasteiger partial charge < -0.3 is 26.1 Å². The minimum absolute atomic E-state index is 0. The molecular weight excluding hydrogens is 424 g/mol. The van der Waals surface area contributed by atoms with E-state index in [9.17, 15) is 19.2 Å². The van der Waals surface area contributed by atoms with Crippen LogP contribution in [0.25, 0.3) is 0 Å². The largest absolute Gasteiger partial charge is 1.00 e. The zero-order valence-corrected chi connectivity index (χ0v) is 24.0. The van der Waals surface area contributed by atoms with E-state index in [4.69, 9.17) is 20.4 Å². The van der Waals surface area contributed by atoms with Crippen molar-refractivity contribution >= 4 is 23.9 Å². The Morgan fingerprint density at radius 2 is 0.720 bits per heavy atom. The summed E-state index contributed by atoms with van der Waals surface area (Å²) in [4.78, 5) is 44.4. The first-order valence-electron chi connectivity index (χ1n) is 5.52. The Balaban J connectivity index is -0.0000000501. The van der Waals surface area contributed by atoms with Crippen LogP contribution in [-0.4, -0.2) is 93.4 Å². The molecule has 0 saturated heterocycles. The molecule has 0 aromatic heterocycles. The third-order valence-electron chi connectivity index (χ3n) is 2.17. The Morgan fingerprint density at radius 3 is 0.840 bits per heavy atom. The van der Waals surface area contributed by atoms with Crippen LogP contribution in [0.2, 0.25) is 0 Å². The Kier molecular flexibility index (Phi) is 40.6. The van der Waals surface area contributed by atoms with Gasteiger partial charge in [0.25, 0.3) is 0 Å². The molecule has 0 saturated carbocycles. The average molecular weight is 444 g/mol. The van der Waals surface area contributed by atoms with Gasteiger partial charge in [0, 0.05) is 30.2 Å². The Bertz CT molecular complexity index is 354. The van der Waals surface area contributed by atoms with Crippen LogP contribution in [0, 0.1) is 0 Å². The number of rotatable bonds is 11. The molecule has 0 heterocycles. The van der Waals surface area contributed by atoms with Gasteiger partial charge in [-0.3, -0.25) is 29.0 Å². The van der Waals surface area contributed by atoms with Crippen LogP contribution < -0.4 is 118 Å². The maximum absolute atomic E-state index is 10.6. The van der Waals surface area contributed by atoms with E-state index in [1.54, 1.807) is 0 Å². The molecule has 0 aliphatic carbocycles. The van der Waals surface area contributed by atoms with Crippen molar-refractivity contribution in [1.29, 1.82) is 0 Å². The number of aliphatic carboxylic acids is 4. The molecule has 0 spiro atoms. The van der Waals surface area contributed by atoms with Crippen LogP contribution in [0.15, 0.2) is 0 Å². The molecule has 0 aromatic carbocycles. The molecule has 0 aliphatic rings. The van der Waals surface area contributed by atoms with Crippen LogP contribution >= 0.6 is 0 Å². The summed E-state index contributed by atoms with van der Waals surface area (Å²) in [5.41, 5.74) is 0. The summed E-state index contributed by atoms with van der Waals surface area (Å²) in [6.45, 7) is -2.25. The SMILES string of the molecule is O=C(O)CN(CCN(CC(=O)O)CC(=O)O)CC(=O)O.[Fe].[H-].[H-].[H-].[H-].[Na+].[Na+].[Na+].[Na+]. The van der Waals surface area contributed by atoms with E-state index < -0.39 is 50.1 Å². The second kappa shape index (κ2) is 24.4. The van der Waals surface area contributed by atoms with Gasteiger partial charge in [-0.05, 0) is 0 Å². The van der Waals surface area contributed by atoms with Gasteiger partial charge in [0.2, 0.25) is 0 Å². The quantitative estimate of drug-likeness (QED) is 0.226. The van der Waals surface area contributed by atoms with Crippen molar-refractivity contribution in [1.82, 2.24) is 9.80 Å². The smallest absolute Gasteiger partial charge is 1.00 e. The summed E-state index contributed by atoms with van der Waals surface area (Å²) < 4.78 is 0. The number of carbonyl (C=O) groups is 4. The number of hydrogen-bond donors (Lipinski definition) is 4. The molecule has 4 N–H and O–H groups in total. The van der Waals surface area contributed by atoms with Crippen LogP contribution in [-0.2, 0) is 36.2 Å². The van der Waals surface area contributed by atoms with E-state index in [1.807, 2.05) is 0 Å². The second-order valence-corrected chi connectivity index (χ2v) is 4.00. The van der Waals surface area contributed by atoms with Crippen molar-refractivity contribution in [3.8, 4) is 0 Å². The molecule has 0 unspecified atom stereocenters. The van der Waals surface area contributed by atoms with Gasteiger partial charge in [0.05, 0.1) is 26.2 Å². The van der Waals surface area contributed by atoms with Gasteiger partial charge in [-0.2, -0.15) is 0 Å². The fourth-order valence-corrected chi connectivity index (χ4v) is 1.48. The topological polar surface area (TPSA) is 156 Å². The standard InChI is InChI=1S/C10H16N2O8.Fe.4Na.4H/c13-7(14)3-11(4-8(15)16)1-2-12(5-9(17)18)6-10(19)20;;;;;;;;;/h1-6H2,(H,13,14)(H,15,16)(H,17,18)(H,19,20);;;;;;;;;/q;;4*+1;4*-1. The van der Waals surface area contributed by atoms with E-state index in [0.29, 0.717) is 0 Å². The van der Waals surface area contributed by atoms with Gasteiger partial charge >= 0.3 is 142 Å². The maximum Gasteiger partial charge on any atom is 1.00 e. The molecule has 0 amide bonds. The first-order chi connectivity index (χ1) is 9.20. The van der Waals surface area contributed by atoms with Crippen LogP contribution in [0.3, 0.4) is 0 Å². The van der Waals surface area contributed by atoms with Gasteiger partial charge in [-0.15, -0.1) is 0 Å². The first kappa shape index (κ1) is 41.6. The number of hydrogen-bond acceptors (Lipinski definition) is 6. The van der Waals surface area contributed by atoms with E-state index >= 15 is 0 Å². The molecule has 0 rings (SSSR count). The molecule has 130 valence electrons. The number of carboxylic acid groups (broad SMARTS) is 4. The summed E-state index contributed by atoms with van der Waals surface area (Å²) in [6, 6.07) is 0. The van der Waals surface area contributed by atoms with Crippen LogP contribution in [0.1, 0.15) is 5.71 Å². The van der Waals surface area contributed by atoms with E-state index in [0.717, 1.165) is 9.80 Å². The molecule has 10 nitrogen and oxygen atoms in total. The van der Waals surface area contributed by atoms with Gasteiger partial charge in [0.15, 0.2) is 0 Å². The zero-order valence-electron chi connectivity index (χ0n) is 18.9. The third-order valence-corrected chi connectivity index (χ3v) is 2.17. The van der Waals surface area contributed by atoms with Crippen molar-refractivity contribution in [3.63, 3.8) is 0 Å². The van der Waals surface area contributed by atoms with Crippen molar-refractivity contribution in [2.75, 3.05) is 39.3 Å². The molecule has 0 fully saturated rings. The molecule has 0 aromatic rings. The van der Waals surface area contributed by atoms with Crippen LogP contribution in [0.5, 0.6) is 0 Å². The summed E-state index contributed by atoms with van der Waals surface area (Å²) >= 11 is 0. The number of carboxylic acids is 4. The fourth-order valence-electron chi connectivity index (χ4n) is 1.48. The molecule has 0 bridgehead atoms. The Morgan fingerprint density at radius 1 is 0.560 bits per heavy atom. The number of nitrogens with zero attached hydrogens (tertiary/aromatic N) is 2. The Labute approximate surface area is 250 Å². The summed E-state index contributed by atoms with van der Waals surface area (Å²) in [5, 5.41) is 34.5. The monoisotopic (exact) mass is 444 g/mol. The predicted octanol–water partition coefficient (Wildman–Crippen LogP) is -13.6. The van der Waals surface area contributed by atoms with Crippen LogP contribution in [0.4, 0.5) is 0 Å². The summed E-state index contributed by atoms with van der Waals surface area (Å²) in [5.74, 6) is -4.91. The first-order valence-corrected chi connectivity index (χ1v) is 5.52. The molecule has 15 heteroatoms. The van der Waals surface area contributed by atoms with E-state index in [1.165, 1.54) is 0 Å². The van der Waals surface area contributed by atoms with Gasteiger partial charge in [0.1, 0.15) is 0 Å². The predicted molar refractivity (Wildman–Crippen MR) is 67.9 cm³/mol. The van der Waals surface area contributed by atoms with Crippen molar-refractivity contribution in [2.45, 2.75) is 0 Å². The van der Waals surface area contributed by atoms with E-state index in [-0.39, 0.29) is 154 Å². The summed E-state index contributed by atoms with van der Waals surface area (Å²) in [7, 11) is 0. The minimum Gasteiger partial charge on any atom is -1.00 e. The molecule has 25 heavy (non-hydrogen) atoms. The van der Waals surface area contributed by atoms with Crippen molar-refractivity contribution in [2.24, 2.45) is 0 Å². The zero-order chi connectivity index (χ0) is 15.7. The molecule has 0 radical (unpaired) electrons. The average Bonchev–Trinajstić information content (AvgIpc) is 2.22. The maximum atomic E-state index is 10.6. The van der Waals surface area contributed by atoms with Crippen molar-refractivity contribution < 1.29 is 181 Å². The molecule has 0 aliphatic heterocycles. The molecule has 0 atom stereocenters.